The van der Waals surface area contributed by atoms with Gasteiger partial charge in [0.25, 0.3) is 10.0 Å². The average Bonchev–Trinajstić information content (AvgIpc) is 2.84. The van der Waals surface area contributed by atoms with Crippen LogP contribution in [-0.2, 0) is 10.0 Å². The van der Waals surface area contributed by atoms with Gasteiger partial charge >= 0.3 is 5.00 Å². The van der Waals surface area contributed by atoms with Gasteiger partial charge in [0.15, 0.2) is 0 Å². The molecular formula is C10H6Cl2N2O4S2. The molecule has 2 aromatic rings. The molecular weight excluding hydrogens is 347 g/mol. The Morgan fingerprint density at radius 2 is 1.75 bits per heavy atom. The Balaban J connectivity index is 2.38. The SMILES string of the molecule is O=[N+]([O-])c1ccc(S(=O)(=O)Nc2c(Cl)cccc2Cl)s1. The molecule has 0 bridgehead atoms. The second-order valence-electron chi connectivity index (χ2n) is 3.55. The van der Waals surface area contributed by atoms with Crippen LogP contribution in [0.25, 0.3) is 0 Å². The lowest BCUT2D eigenvalue weighted by molar-refractivity contribution is -0.380. The first-order valence-corrected chi connectivity index (χ1v) is 8.08. The average molecular weight is 353 g/mol. The van der Waals surface area contributed by atoms with E-state index < -0.39 is 14.9 Å². The molecule has 1 aromatic heterocycles. The number of nitrogens with zero attached hydrogens (tertiary/aromatic N) is 1. The van der Waals surface area contributed by atoms with Crippen LogP contribution in [-0.4, -0.2) is 13.3 Å². The normalized spacial score (nSPS) is 11.3. The molecule has 0 spiro atoms. The highest BCUT2D eigenvalue weighted by Gasteiger charge is 2.22. The predicted molar refractivity (Wildman–Crippen MR) is 78.2 cm³/mol. The molecule has 10 heteroatoms. The van der Waals surface area contributed by atoms with Crippen molar-refractivity contribution in [2.24, 2.45) is 0 Å². The van der Waals surface area contributed by atoms with Crippen LogP contribution in [0.2, 0.25) is 10.0 Å². The molecule has 0 saturated carbocycles. The molecule has 2 rings (SSSR count). The highest BCUT2D eigenvalue weighted by atomic mass is 35.5. The molecule has 1 heterocycles. The first kappa shape index (κ1) is 15.0. The minimum Gasteiger partial charge on any atom is -0.276 e. The Kier molecular flexibility index (Phi) is 4.19. The summed E-state index contributed by atoms with van der Waals surface area (Å²) in [6, 6.07) is 6.78. The van der Waals surface area contributed by atoms with Crippen molar-refractivity contribution in [2.45, 2.75) is 4.21 Å². The zero-order valence-corrected chi connectivity index (χ0v) is 12.7. The second-order valence-corrected chi connectivity index (χ2v) is 7.34. The summed E-state index contributed by atoms with van der Waals surface area (Å²) in [5.74, 6) is 0. The summed E-state index contributed by atoms with van der Waals surface area (Å²) < 4.78 is 26.2. The van der Waals surface area contributed by atoms with Crippen molar-refractivity contribution in [2.75, 3.05) is 4.72 Å². The lowest BCUT2D eigenvalue weighted by Gasteiger charge is -2.09. The lowest BCUT2D eigenvalue weighted by atomic mass is 10.3. The van der Waals surface area contributed by atoms with Crippen LogP contribution >= 0.6 is 34.5 Å². The molecule has 0 aliphatic rings. The number of sulfonamides is 1. The van der Waals surface area contributed by atoms with Gasteiger partial charge in [0, 0.05) is 6.07 Å². The summed E-state index contributed by atoms with van der Waals surface area (Å²) in [7, 11) is -3.98. The number of hydrogen-bond donors (Lipinski definition) is 1. The molecule has 0 radical (unpaired) electrons. The Hall–Kier alpha value is -1.35. The first-order valence-electron chi connectivity index (χ1n) is 5.02. The van der Waals surface area contributed by atoms with Gasteiger partial charge in [-0.3, -0.25) is 14.8 Å². The number of nitro groups is 1. The minimum absolute atomic E-state index is 0.0342. The van der Waals surface area contributed by atoms with Crippen molar-refractivity contribution in [3.8, 4) is 0 Å². The van der Waals surface area contributed by atoms with E-state index in [4.69, 9.17) is 23.2 Å². The van der Waals surface area contributed by atoms with Gasteiger partial charge < -0.3 is 0 Å². The van der Waals surface area contributed by atoms with E-state index in [-0.39, 0.29) is 24.9 Å². The molecule has 0 atom stereocenters. The monoisotopic (exact) mass is 352 g/mol. The third-order valence-corrected chi connectivity index (χ3v) is 5.72. The van der Waals surface area contributed by atoms with E-state index in [1.807, 2.05) is 0 Å². The number of rotatable bonds is 4. The van der Waals surface area contributed by atoms with Gasteiger partial charge in [-0.2, -0.15) is 0 Å². The van der Waals surface area contributed by atoms with Crippen molar-refractivity contribution in [1.82, 2.24) is 0 Å². The van der Waals surface area contributed by atoms with Crippen LogP contribution in [0, 0.1) is 10.1 Å². The molecule has 0 saturated heterocycles. The fraction of sp³-hybridized carbons (Fsp3) is 0. The maximum absolute atomic E-state index is 12.1. The van der Waals surface area contributed by atoms with Crippen molar-refractivity contribution < 1.29 is 13.3 Å². The number of nitrogens with one attached hydrogen (secondary N) is 1. The Bertz CT molecular complexity index is 753. The highest BCUT2D eigenvalue weighted by Crippen LogP contribution is 2.34. The van der Waals surface area contributed by atoms with Crippen LogP contribution in [0.1, 0.15) is 0 Å². The van der Waals surface area contributed by atoms with E-state index in [9.17, 15) is 18.5 Å². The van der Waals surface area contributed by atoms with Crippen LogP contribution in [0.15, 0.2) is 34.5 Å². The van der Waals surface area contributed by atoms with Gasteiger partial charge in [-0.25, -0.2) is 8.42 Å². The topological polar surface area (TPSA) is 89.3 Å². The molecule has 1 aromatic carbocycles. The number of benzene rings is 1. The summed E-state index contributed by atoms with van der Waals surface area (Å²) in [5, 5.41) is 10.6. The minimum atomic E-state index is -3.98. The van der Waals surface area contributed by atoms with E-state index in [0.717, 1.165) is 12.1 Å². The maximum atomic E-state index is 12.1. The van der Waals surface area contributed by atoms with Gasteiger partial charge in [-0.15, -0.1) is 0 Å². The van der Waals surface area contributed by atoms with Crippen LogP contribution in [0.4, 0.5) is 10.7 Å². The number of anilines is 1. The maximum Gasteiger partial charge on any atom is 0.325 e. The van der Waals surface area contributed by atoms with Gasteiger partial charge in [0.2, 0.25) is 0 Å². The van der Waals surface area contributed by atoms with Gasteiger partial charge in [-0.05, 0) is 29.5 Å². The zero-order valence-electron chi connectivity index (χ0n) is 9.54. The number of hydrogen-bond acceptors (Lipinski definition) is 5. The van der Waals surface area contributed by atoms with E-state index in [1.54, 1.807) is 6.07 Å². The van der Waals surface area contributed by atoms with Crippen molar-refractivity contribution in [1.29, 1.82) is 0 Å². The highest BCUT2D eigenvalue weighted by molar-refractivity contribution is 7.94. The van der Waals surface area contributed by atoms with Gasteiger partial charge in [0.1, 0.15) is 4.21 Å². The molecule has 20 heavy (non-hydrogen) atoms. The van der Waals surface area contributed by atoms with Gasteiger partial charge in [0.05, 0.1) is 20.7 Å². The molecule has 0 aliphatic carbocycles. The van der Waals surface area contributed by atoms with Crippen molar-refractivity contribution in [3.05, 3.63) is 50.5 Å². The van der Waals surface area contributed by atoms with Crippen LogP contribution in [0.5, 0.6) is 0 Å². The molecule has 106 valence electrons. The summed E-state index contributed by atoms with van der Waals surface area (Å²) >= 11 is 12.3. The molecule has 0 fully saturated rings. The van der Waals surface area contributed by atoms with Crippen molar-refractivity contribution in [3.63, 3.8) is 0 Å². The fourth-order valence-electron chi connectivity index (χ4n) is 1.33. The lowest BCUT2D eigenvalue weighted by Crippen LogP contribution is -2.12. The smallest absolute Gasteiger partial charge is 0.276 e. The Morgan fingerprint density at radius 1 is 1.15 bits per heavy atom. The third-order valence-electron chi connectivity index (χ3n) is 2.21. The molecule has 0 unspecified atom stereocenters. The number of para-hydroxylation sites is 1. The van der Waals surface area contributed by atoms with Crippen molar-refractivity contribution >= 4 is 55.3 Å². The summed E-state index contributed by atoms with van der Waals surface area (Å²) in [6.07, 6.45) is 0. The van der Waals surface area contributed by atoms with E-state index in [0.29, 0.717) is 11.3 Å². The quantitative estimate of drug-likeness (QED) is 0.669. The fourth-order valence-corrected chi connectivity index (χ4v) is 4.15. The Morgan fingerprint density at radius 3 is 2.25 bits per heavy atom. The van der Waals surface area contributed by atoms with E-state index >= 15 is 0 Å². The third kappa shape index (κ3) is 3.04. The van der Waals surface area contributed by atoms with Crippen LogP contribution < -0.4 is 4.72 Å². The van der Waals surface area contributed by atoms with E-state index in [1.165, 1.54) is 12.1 Å². The van der Waals surface area contributed by atoms with Crippen LogP contribution in [0.3, 0.4) is 0 Å². The zero-order chi connectivity index (χ0) is 14.9. The first-order chi connectivity index (χ1) is 9.31. The molecule has 0 amide bonds. The van der Waals surface area contributed by atoms with Gasteiger partial charge in [-0.1, -0.05) is 29.3 Å². The molecule has 0 aliphatic heterocycles. The number of halogens is 2. The summed E-state index contributed by atoms with van der Waals surface area (Å²) in [4.78, 5) is 9.91. The predicted octanol–water partition coefficient (Wildman–Crippen LogP) is 3.76. The summed E-state index contributed by atoms with van der Waals surface area (Å²) in [6.45, 7) is 0. The standard InChI is InChI=1S/C10H6Cl2N2O4S2/c11-6-2-1-3-7(12)10(6)13-20(17,18)9-5-4-8(19-9)14(15)16/h1-5,13H. The summed E-state index contributed by atoms with van der Waals surface area (Å²) in [5.41, 5.74) is 0.0342. The number of thiophene rings is 1. The molecule has 1 N–H and O–H groups in total. The molecule has 6 nitrogen and oxygen atoms in total. The second kappa shape index (κ2) is 5.57. The largest absolute Gasteiger partial charge is 0.325 e. The van der Waals surface area contributed by atoms with E-state index in [2.05, 4.69) is 4.72 Å². The Labute approximate surface area is 128 Å².